The third kappa shape index (κ3) is 3.16. The van der Waals surface area contributed by atoms with Crippen molar-refractivity contribution in [1.29, 1.82) is 0 Å². The highest BCUT2D eigenvalue weighted by Crippen LogP contribution is 2.24. The van der Waals surface area contributed by atoms with E-state index in [0.29, 0.717) is 17.9 Å². The fourth-order valence-electron chi connectivity index (χ4n) is 3.36. The lowest BCUT2D eigenvalue weighted by Crippen LogP contribution is -2.41. The number of aromatic nitrogens is 5. The topological polar surface area (TPSA) is 76.8 Å². The molecule has 0 spiro atoms. The number of carbonyl (C=O) groups is 1. The van der Waals surface area contributed by atoms with Crippen molar-refractivity contribution in [2.75, 3.05) is 13.1 Å². The quantitative estimate of drug-likeness (QED) is 0.861. The van der Waals surface area contributed by atoms with Crippen LogP contribution < -0.4 is 0 Å². The highest BCUT2D eigenvalue weighted by molar-refractivity contribution is 5.95. The Kier molecular flexibility index (Phi) is 4.59. The first kappa shape index (κ1) is 16.5. The molecular formula is C17H24N6O. The molecule has 0 aromatic carbocycles. The molecule has 2 aromatic heterocycles. The molecule has 3 heterocycles. The molecule has 0 saturated carbocycles. The van der Waals surface area contributed by atoms with Crippen molar-refractivity contribution in [2.45, 2.75) is 53.0 Å². The van der Waals surface area contributed by atoms with E-state index in [4.69, 9.17) is 0 Å². The van der Waals surface area contributed by atoms with Crippen LogP contribution in [0.3, 0.4) is 0 Å². The molecular weight excluding hydrogens is 304 g/mol. The fourth-order valence-corrected chi connectivity index (χ4v) is 3.36. The first-order valence-corrected chi connectivity index (χ1v) is 8.51. The van der Waals surface area contributed by atoms with Crippen molar-refractivity contribution < 1.29 is 4.79 Å². The van der Waals surface area contributed by atoms with Crippen LogP contribution >= 0.6 is 0 Å². The lowest BCUT2D eigenvalue weighted by molar-refractivity contribution is 0.0669. The summed E-state index contributed by atoms with van der Waals surface area (Å²) in [5.74, 6) is 2.40. The summed E-state index contributed by atoms with van der Waals surface area (Å²) in [7, 11) is 0. The van der Waals surface area contributed by atoms with Crippen LogP contribution in [0, 0.1) is 20.8 Å². The maximum atomic E-state index is 13.0. The van der Waals surface area contributed by atoms with Gasteiger partial charge in [-0.3, -0.25) is 4.79 Å². The number of likely N-dealkylation sites (tertiary alicyclic amines) is 1. The Morgan fingerprint density at radius 3 is 2.71 bits per heavy atom. The summed E-state index contributed by atoms with van der Waals surface area (Å²) in [5, 5.41) is 4.49. The zero-order valence-electron chi connectivity index (χ0n) is 14.8. The average Bonchev–Trinajstić information content (AvgIpc) is 2.92. The van der Waals surface area contributed by atoms with Crippen LogP contribution in [0.15, 0.2) is 6.20 Å². The molecule has 7 nitrogen and oxygen atoms in total. The van der Waals surface area contributed by atoms with Crippen molar-refractivity contribution in [3.05, 3.63) is 34.9 Å². The molecule has 0 bridgehead atoms. The SMILES string of the molecule is CCc1nc(C)ncc1C(=O)N1CCCC(n2nc(C)nc2C)C1. The average molecular weight is 328 g/mol. The zero-order valence-corrected chi connectivity index (χ0v) is 14.8. The van der Waals surface area contributed by atoms with Crippen molar-refractivity contribution >= 4 is 5.91 Å². The largest absolute Gasteiger partial charge is 0.336 e. The van der Waals surface area contributed by atoms with Gasteiger partial charge in [0.25, 0.3) is 5.91 Å². The molecule has 2 aromatic rings. The monoisotopic (exact) mass is 328 g/mol. The first-order chi connectivity index (χ1) is 11.5. The highest BCUT2D eigenvalue weighted by atomic mass is 16.2. The highest BCUT2D eigenvalue weighted by Gasteiger charge is 2.28. The van der Waals surface area contributed by atoms with Crippen molar-refractivity contribution in [3.63, 3.8) is 0 Å². The Hall–Kier alpha value is -2.31. The van der Waals surface area contributed by atoms with Gasteiger partial charge < -0.3 is 4.90 Å². The molecule has 1 atom stereocenters. The van der Waals surface area contributed by atoms with Gasteiger partial charge in [0.05, 0.1) is 17.3 Å². The second-order valence-corrected chi connectivity index (χ2v) is 6.33. The van der Waals surface area contributed by atoms with E-state index < -0.39 is 0 Å². The maximum Gasteiger partial charge on any atom is 0.257 e. The van der Waals surface area contributed by atoms with Gasteiger partial charge in [0.2, 0.25) is 0 Å². The molecule has 1 aliphatic rings. The molecule has 1 fully saturated rings. The van der Waals surface area contributed by atoms with E-state index in [1.807, 2.05) is 37.3 Å². The molecule has 1 aliphatic heterocycles. The van der Waals surface area contributed by atoms with Gasteiger partial charge >= 0.3 is 0 Å². The van der Waals surface area contributed by atoms with E-state index in [2.05, 4.69) is 20.1 Å². The number of aryl methyl sites for hydroxylation is 4. The predicted molar refractivity (Wildman–Crippen MR) is 89.8 cm³/mol. The Balaban J connectivity index is 1.82. The Bertz CT molecular complexity index is 754. The van der Waals surface area contributed by atoms with Crippen LogP contribution in [0.2, 0.25) is 0 Å². The molecule has 0 N–H and O–H groups in total. The second kappa shape index (κ2) is 6.67. The van der Waals surface area contributed by atoms with Crippen molar-refractivity contribution in [3.8, 4) is 0 Å². The minimum atomic E-state index is 0.0195. The molecule has 1 saturated heterocycles. The maximum absolute atomic E-state index is 13.0. The molecule has 7 heteroatoms. The van der Waals surface area contributed by atoms with Crippen LogP contribution in [0.5, 0.6) is 0 Å². The summed E-state index contributed by atoms with van der Waals surface area (Å²) in [6, 6.07) is 0.181. The molecule has 128 valence electrons. The van der Waals surface area contributed by atoms with Crippen LogP contribution in [0.25, 0.3) is 0 Å². The number of carbonyl (C=O) groups excluding carboxylic acids is 1. The summed E-state index contributed by atoms with van der Waals surface area (Å²) in [4.78, 5) is 27.9. The van der Waals surface area contributed by atoms with E-state index >= 15 is 0 Å². The molecule has 1 amide bonds. The van der Waals surface area contributed by atoms with Gasteiger partial charge in [0.1, 0.15) is 17.5 Å². The minimum absolute atomic E-state index is 0.0195. The van der Waals surface area contributed by atoms with E-state index in [9.17, 15) is 4.79 Å². The van der Waals surface area contributed by atoms with Crippen LogP contribution in [0.1, 0.15) is 59.3 Å². The number of amides is 1. The fraction of sp³-hybridized carbons (Fsp3) is 0.588. The van der Waals surface area contributed by atoms with Gasteiger partial charge in [-0.25, -0.2) is 19.6 Å². The van der Waals surface area contributed by atoms with Gasteiger partial charge in [0.15, 0.2) is 0 Å². The lowest BCUT2D eigenvalue weighted by atomic mass is 10.0. The predicted octanol–water partition coefficient (Wildman–Crippen LogP) is 2.03. The summed E-state index contributed by atoms with van der Waals surface area (Å²) >= 11 is 0. The van der Waals surface area contributed by atoms with E-state index in [1.165, 1.54) is 0 Å². The third-order valence-electron chi connectivity index (χ3n) is 4.49. The molecule has 1 unspecified atom stereocenters. The molecule has 0 radical (unpaired) electrons. The Morgan fingerprint density at radius 1 is 1.25 bits per heavy atom. The zero-order chi connectivity index (χ0) is 17.3. The van der Waals surface area contributed by atoms with E-state index in [1.54, 1.807) is 6.20 Å². The number of rotatable bonds is 3. The van der Waals surface area contributed by atoms with Gasteiger partial charge in [-0.05, 0) is 40.0 Å². The number of nitrogens with zero attached hydrogens (tertiary/aromatic N) is 6. The van der Waals surface area contributed by atoms with E-state index in [-0.39, 0.29) is 11.9 Å². The second-order valence-electron chi connectivity index (χ2n) is 6.33. The number of hydrogen-bond donors (Lipinski definition) is 0. The Labute approximate surface area is 142 Å². The van der Waals surface area contributed by atoms with Gasteiger partial charge in [0, 0.05) is 19.3 Å². The summed E-state index contributed by atoms with van der Waals surface area (Å²) in [6.07, 6.45) is 4.36. The lowest BCUT2D eigenvalue weighted by Gasteiger charge is -2.33. The number of hydrogen-bond acceptors (Lipinski definition) is 5. The summed E-state index contributed by atoms with van der Waals surface area (Å²) < 4.78 is 1.96. The minimum Gasteiger partial charge on any atom is -0.336 e. The van der Waals surface area contributed by atoms with Crippen LogP contribution in [-0.2, 0) is 6.42 Å². The molecule has 24 heavy (non-hydrogen) atoms. The first-order valence-electron chi connectivity index (χ1n) is 8.51. The third-order valence-corrected chi connectivity index (χ3v) is 4.49. The van der Waals surface area contributed by atoms with Crippen LogP contribution in [-0.4, -0.2) is 48.6 Å². The molecule has 3 rings (SSSR count). The smallest absolute Gasteiger partial charge is 0.257 e. The van der Waals surface area contributed by atoms with Gasteiger partial charge in [-0.1, -0.05) is 6.92 Å². The summed E-state index contributed by atoms with van der Waals surface area (Å²) in [6.45, 7) is 9.13. The van der Waals surface area contributed by atoms with E-state index in [0.717, 1.165) is 43.1 Å². The van der Waals surface area contributed by atoms with Gasteiger partial charge in [-0.15, -0.1) is 0 Å². The normalized spacial score (nSPS) is 18.0. The van der Waals surface area contributed by atoms with Gasteiger partial charge in [-0.2, -0.15) is 5.10 Å². The molecule has 0 aliphatic carbocycles. The Morgan fingerprint density at radius 2 is 2.04 bits per heavy atom. The van der Waals surface area contributed by atoms with Crippen molar-refractivity contribution in [2.24, 2.45) is 0 Å². The standard InChI is InChI=1S/C17H24N6O/c1-5-16-15(9-18-11(2)20-16)17(24)22-8-6-7-14(10-22)23-13(4)19-12(3)21-23/h9,14H,5-8,10H2,1-4H3. The van der Waals surface area contributed by atoms with Crippen LogP contribution in [0.4, 0.5) is 0 Å². The van der Waals surface area contributed by atoms with Crippen molar-refractivity contribution in [1.82, 2.24) is 29.6 Å². The summed E-state index contributed by atoms with van der Waals surface area (Å²) in [5.41, 5.74) is 1.44. The number of piperidine rings is 1.